The van der Waals surface area contributed by atoms with Crippen molar-refractivity contribution in [3.8, 4) is 5.88 Å². The summed E-state index contributed by atoms with van der Waals surface area (Å²) in [7, 11) is 1.58. The molecular formula is C14H15FN2O. The van der Waals surface area contributed by atoms with Gasteiger partial charge in [-0.2, -0.15) is 0 Å². The van der Waals surface area contributed by atoms with Crippen LogP contribution in [0.1, 0.15) is 11.3 Å². The van der Waals surface area contributed by atoms with Gasteiger partial charge in [-0.1, -0.05) is 12.1 Å². The summed E-state index contributed by atoms with van der Waals surface area (Å²) in [5.41, 5.74) is 2.23. The van der Waals surface area contributed by atoms with Crippen LogP contribution >= 0.6 is 0 Å². The molecule has 0 radical (unpaired) electrons. The van der Waals surface area contributed by atoms with Crippen LogP contribution in [0.15, 0.2) is 36.4 Å². The molecule has 1 aromatic heterocycles. The molecule has 0 fully saturated rings. The molecule has 0 spiro atoms. The minimum absolute atomic E-state index is 0.210. The first kappa shape index (κ1) is 12.4. The highest BCUT2D eigenvalue weighted by Gasteiger charge is 2.03. The lowest BCUT2D eigenvalue weighted by atomic mass is 10.2. The fraction of sp³-hybridized carbons (Fsp3) is 0.214. The van der Waals surface area contributed by atoms with Crippen LogP contribution in [-0.4, -0.2) is 12.1 Å². The van der Waals surface area contributed by atoms with Crippen LogP contribution in [-0.2, 0) is 6.54 Å². The number of hydrogen-bond acceptors (Lipinski definition) is 3. The number of nitrogens with zero attached hydrogens (tertiary/aromatic N) is 1. The van der Waals surface area contributed by atoms with Crippen molar-refractivity contribution in [2.24, 2.45) is 0 Å². The molecule has 0 saturated heterocycles. The Hall–Kier alpha value is -2.10. The molecule has 3 nitrogen and oxygen atoms in total. The maximum Gasteiger partial charge on any atom is 0.213 e. The molecule has 2 rings (SSSR count). The topological polar surface area (TPSA) is 34.1 Å². The molecule has 18 heavy (non-hydrogen) atoms. The second-order valence-electron chi connectivity index (χ2n) is 3.94. The van der Waals surface area contributed by atoms with Gasteiger partial charge >= 0.3 is 0 Å². The van der Waals surface area contributed by atoms with Crippen LogP contribution in [0.3, 0.4) is 0 Å². The molecule has 0 amide bonds. The number of methoxy groups -OCH3 is 1. The van der Waals surface area contributed by atoms with Crippen molar-refractivity contribution < 1.29 is 9.13 Å². The van der Waals surface area contributed by atoms with Gasteiger partial charge in [0.1, 0.15) is 5.82 Å². The van der Waals surface area contributed by atoms with Gasteiger partial charge in [-0.25, -0.2) is 9.37 Å². The molecule has 0 bridgehead atoms. The molecule has 0 unspecified atom stereocenters. The number of ether oxygens (including phenoxy) is 1. The minimum atomic E-state index is -0.210. The SMILES string of the molecule is COc1cccc(CNc2cccc(F)c2C)n1. The van der Waals surface area contributed by atoms with E-state index < -0.39 is 0 Å². The Morgan fingerprint density at radius 2 is 2.00 bits per heavy atom. The van der Waals surface area contributed by atoms with E-state index in [1.807, 2.05) is 18.2 Å². The molecule has 1 N–H and O–H groups in total. The number of halogens is 1. The number of aromatic nitrogens is 1. The Balaban J connectivity index is 2.09. The fourth-order valence-electron chi connectivity index (χ4n) is 1.65. The Labute approximate surface area is 106 Å². The smallest absolute Gasteiger partial charge is 0.213 e. The molecule has 94 valence electrons. The Bertz CT molecular complexity index is 543. The van der Waals surface area contributed by atoms with Crippen molar-refractivity contribution in [1.29, 1.82) is 0 Å². The number of anilines is 1. The summed E-state index contributed by atoms with van der Waals surface area (Å²) in [4.78, 5) is 4.28. The van der Waals surface area contributed by atoms with Gasteiger partial charge in [-0.15, -0.1) is 0 Å². The van der Waals surface area contributed by atoms with Crippen molar-refractivity contribution in [1.82, 2.24) is 4.98 Å². The lowest BCUT2D eigenvalue weighted by molar-refractivity contribution is 0.396. The minimum Gasteiger partial charge on any atom is -0.481 e. The summed E-state index contributed by atoms with van der Waals surface area (Å²) in [5.74, 6) is 0.365. The number of hydrogen-bond donors (Lipinski definition) is 1. The molecule has 2 aromatic rings. The second-order valence-corrected chi connectivity index (χ2v) is 3.94. The maximum absolute atomic E-state index is 13.3. The fourth-order valence-corrected chi connectivity index (χ4v) is 1.65. The average molecular weight is 246 g/mol. The maximum atomic E-state index is 13.3. The summed E-state index contributed by atoms with van der Waals surface area (Å²) in [6, 6.07) is 10.5. The van der Waals surface area contributed by atoms with E-state index in [0.717, 1.165) is 11.4 Å². The quantitative estimate of drug-likeness (QED) is 0.899. The highest BCUT2D eigenvalue weighted by atomic mass is 19.1. The molecule has 0 aliphatic heterocycles. The van der Waals surface area contributed by atoms with Crippen LogP contribution in [0.25, 0.3) is 0 Å². The van der Waals surface area contributed by atoms with E-state index in [1.54, 1.807) is 26.2 Å². The standard InChI is InChI=1S/C14H15FN2O/c1-10-12(15)6-4-7-13(10)16-9-11-5-3-8-14(17-11)18-2/h3-8,16H,9H2,1-2H3. The van der Waals surface area contributed by atoms with Crippen LogP contribution in [0.2, 0.25) is 0 Å². The normalized spacial score (nSPS) is 10.2. The Morgan fingerprint density at radius 1 is 1.22 bits per heavy atom. The largest absolute Gasteiger partial charge is 0.481 e. The molecule has 0 saturated carbocycles. The number of benzene rings is 1. The first-order valence-corrected chi connectivity index (χ1v) is 5.69. The van der Waals surface area contributed by atoms with E-state index >= 15 is 0 Å². The van der Waals surface area contributed by atoms with E-state index in [9.17, 15) is 4.39 Å². The third-order valence-corrected chi connectivity index (χ3v) is 2.72. The van der Waals surface area contributed by atoms with Gasteiger partial charge in [0.25, 0.3) is 0 Å². The molecular weight excluding hydrogens is 231 g/mol. The van der Waals surface area contributed by atoms with Gasteiger partial charge in [0, 0.05) is 17.3 Å². The van der Waals surface area contributed by atoms with Crippen LogP contribution in [0.4, 0.5) is 10.1 Å². The molecule has 0 aliphatic carbocycles. The number of nitrogens with one attached hydrogen (secondary N) is 1. The number of pyridine rings is 1. The van der Waals surface area contributed by atoms with Crippen molar-refractivity contribution >= 4 is 5.69 Å². The van der Waals surface area contributed by atoms with E-state index in [2.05, 4.69) is 10.3 Å². The number of rotatable bonds is 4. The van der Waals surface area contributed by atoms with Gasteiger partial charge in [0.05, 0.1) is 19.3 Å². The zero-order valence-electron chi connectivity index (χ0n) is 10.4. The van der Waals surface area contributed by atoms with E-state index in [1.165, 1.54) is 6.07 Å². The molecule has 1 heterocycles. The van der Waals surface area contributed by atoms with Crippen molar-refractivity contribution in [3.05, 3.63) is 53.5 Å². The third-order valence-electron chi connectivity index (χ3n) is 2.72. The van der Waals surface area contributed by atoms with Gasteiger partial charge in [0.2, 0.25) is 5.88 Å². The lowest BCUT2D eigenvalue weighted by Gasteiger charge is -2.10. The lowest BCUT2D eigenvalue weighted by Crippen LogP contribution is -2.04. The molecule has 0 aliphatic rings. The summed E-state index contributed by atoms with van der Waals surface area (Å²) < 4.78 is 18.4. The summed E-state index contributed by atoms with van der Waals surface area (Å²) in [5, 5.41) is 3.16. The highest BCUT2D eigenvalue weighted by Crippen LogP contribution is 2.18. The van der Waals surface area contributed by atoms with Crippen molar-refractivity contribution in [2.75, 3.05) is 12.4 Å². The zero-order chi connectivity index (χ0) is 13.0. The predicted octanol–water partition coefficient (Wildman–Crippen LogP) is 3.15. The predicted molar refractivity (Wildman–Crippen MR) is 69.3 cm³/mol. The first-order chi connectivity index (χ1) is 8.70. The molecule has 1 aromatic carbocycles. The molecule has 0 atom stereocenters. The summed E-state index contributed by atoms with van der Waals surface area (Å²) >= 11 is 0. The summed E-state index contributed by atoms with van der Waals surface area (Å²) in [6.07, 6.45) is 0. The zero-order valence-corrected chi connectivity index (χ0v) is 10.4. The van der Waals surface area contributed by atoms with E-state index in [-0.39, 0.29) is 5.82 Å². The van der Waals surface area contributed by atoms with Crippen molar-refractivity contribution in [2.45, 2.75) is 13.5 Å². The highest BCUT2D eigenvalue weighted by molar-refractivity contribution is 5.51. The van der Waals surface area contributed by atoms with Crippen LogP contribution in [0, 0.1) is 12.7 Å². The average Bonchev–Trinajstić information content (AvgIpc) is 2.41. The van der Waals surface area contributed by atoms with Crippen LogP contribution in [0.5, 0.6) is 5.88 Å². The van der Waals surface area contributed by atoms with Gasteiger partial charge in [0.15, 0.2) is 0 Å². The van der Waals surface area contributed by atoms with Gasteiger partial charge in [-0.05, 0) is 25.1 Å². The van der Waals surface area contributed by atoms with Gasteiger partial charge in [-0.3, -0.25) is 0 Å². The second kappa shape index (κ2) is 5.49. The van der Waals surface area contributed by atoms with Gasteiger partial charge < -0.3 is 10.1 Å². The third kappa shape index (κ3) is 2.77. The van der Waals surface area contributed by atoms with E-state index in [4.69, 9.17) is 4.74 Å². The van der Waals surface area contributed by atoms with Crippen LogP contribution < -0.4 is 10.1 Å². The Morgan fingerprint density at radius 3 is 2.78 bits per heavy atom. The Kier molecular flexibility index (Phi) is 3.77. The summed E-state index contributed by atoms with van der Waals surface area (Å²) in [6.45, 7) is 2.28. The monoisotopic (exact) mass is 246 g/mol. The molecule has 4 heteroatoms. The van der Waals surface area contributed by atoms with E-state index in [0.29, 0.717) is 18.0 Å². The first-order valence-electron chi connectivity index (χ1n) is 5.69. The van der Waals surface area contributed by atoms with Crippen molar-refractivity contribution in [3.63, 3.8) is 0 Å².